The van der Waals surface area contributed by atoms with Crippen LogP contribution in [0.2, 0.25) is 5.02 Å². The van der Waals surface area contributed by atoms with Crippen LogP contribution in [-0.4, -0.2) is 25.5 Å². The standard InChI is InChI=1S/C21H15ClF3N5OS/c1-12(15-8-4-5-11-26-15)27-17(31)10-9-16-18(13-6-2-3-7-14(13)22)28-20-30(16)29-19(32-20)21(23,24)25/h2-12H,1H3,(H,27,31)/b10-9+. The molecule has 0 saturated carbocycles. The van der Waals surface area contributed by atoms with Crippen molar-refractivity contribution < 1.29 is 18.0 Å². The Hall–Kier alpha value is -3.24. The molecule has 6 nitrogen and oxygen atoms in total. The van der Waals surface area contributed by atoms with Gasteiger partial charge in [-0.15, -0.1) is 5.10 Å². The number of halogens is 4. The van der Waals surface area contributed by atoms with Gasteiger partial charge in [0.25, 0.3) is 0 Å². The van der Waals surface area contributed by atoms with Crippen molar-refractivity contribution in [1.29, 1.82) is 0 Å². The van der Waals surface area contributed by atoms with E-state index in [2.05, 4.69) is 20.4 Å². The summed E-state index contributed by atoms with van der Waals surface area (Å²) in [4.78, 5) is 21.0. The van der Waals surface area contributed by atoms with E-state index in [1.165, 1.54) is 12.2 Å². The number of alkyl halides is 3. The number of aromatic nitrogens is 4. The van der Waals surface area contributed by atoms with Crippen LogP contribution in [0.1, 0.15) is 29.4 Å². The number of nitrogens with one attached hydrogen (secondary N) is 1. The predicted octanol–water partition coefficient (Wildman–Crippen LogP) is 5.42. The van der Waals surface area contributed by atoms with Crippen molar-refractivity contribution in [3.05, 3.63) is 76.2 Å². The van der Waals surface area contributed by atoms with Gasteiger partial charge in [-0.2, -0.15) is 13.2 Å². The highest BCUT2D eigenvalue weighted by atomic mass is 35.5. The maximum Gasteiger partial charge on any atom is 0.445 e. The van der Waals surface area contributed by atoms with Crippen LogP contribution in [-0.2, 0) is 11.0 Å². The number of amides is 1. The molecule has 3 aromatic heterocycles. The second-order valence-corrected chi connectivity index (χ2v) is 8.11. The average Bonchev–Trinajstić information content (AvgIpc) is 3.32. The number of benzene rings is 1. The number of pyridine rings is 1. The summed E-state index contributed by atoms with van der Waals surface area (Å²) in [6.45, 7) is 1.77. The van der Waals surface area contributed by atoms with Gasteiger partial charge in [0.2, 0.25) is 15.9 Å². The molecule has 0 fully saturated rings. The Kier molecular flexibility index (Phi) is 5.98. The molecule has 1 amide bonds. The number of fused-ring (bicyclic) bond motifs is 1. The Morgan fingerprint density at radius 1 is 1.22 bits per heavy atom. The minimum atomic E-state index is -4.60. The van der Waals surface area contributed by atoms with Gasteiger partial charge >= 0.3 is 6.18 Å². The molecule has 0 aliphatic carbocycles. The first-order valence-corrected chi connectivity index (χ1v) is 10.5. The lowest BCUT2D eigenvalue weighted by molar-refractivity contribution is -0.138. The molecule has 0 spiro atoms. The summed E-state index contributed by atoms with van der Waals surface area (Å²) in [5.74, 6) is -0.450. The van der Waals surface area contributed by atoms with Crippen LogP contribution in [0.5, 0.6) is 0 Å². The van der Waals surface area contributed by atoms with Crippen molar-refractivity contribution in [2.75, 3.05) is 0 Å². The lowest BCUT2D eigenvalue weighted by Crippen LogP contribution is -2.25. The summed E-state index contributed by atoms with van der Waals surface area (Å²) in [6.07, 6.45) is -0.394. The van der Waals surface area contributed by atoms with Crippen LogP contribution in [0.25, 0.3) is 22.3 Å². The van der Waals surface area contributed by atoms with Crippen molar-refractivity contribution >= 4 is 39.9 Å². The Morgan fingerprint density at radius 3 is 2.66 bits per heavy atom. The van der Waals surface area contributed by atoms with E-state index in [4.69, 9.17) is 11.6 Å². The number of hydrogen-bond acceptors (Lipinski definition) is 5. The first kappa shape index (κ1) is 22.0. The smallest absolute Gasteiger partial charge is 0.344 e. The molecule has 4 aromatic rings. The van der Waals surface area contributed by atoms with Gasteiger partial charge in [-0.05, 0) is 31.2 Å². The first-order valence-electron chi connectivity index (χ1n) is 9.35. The summed E-state index contributed by atoms with van der Waals surface area (Å²) in [7, 11) is 0. The van der Waals surface area contributed by atoms with Gasteiger partial charge in [-0.25, -0.2) is 9.50 Å². The lowest BCUT2D eigenvalue weighted by atomic mass is 10.1. The van der Waals surface area contributed by atoms with Gasteiger partial charge in [-0.3, -0.25) is 9.78 Å². The Morgan fingerprint density at radius 2 is 1.97 bits per heavy atom. The summed E-state index contributed by atoms with van der Waals surface area (Å²) in [5.41, 5.74) is 1.72. The third-order valence-corrected chi connectivity index (χ3v) is 5.78. The predicted molar refractivity (Wildman–Crippen MR) is 116 cm³/mol. The minimum Gasteiger partial charge on any atom is -0.344 e. The van der Waals surface area contributed by atoms with Gasteiger partial charge in [0.15, 0.2) is 0 Å². The minimum absolute atomic E-state index is 0.0363. The maximum atomic E-state index is 13.1. The number of nitrogens with zero attached hydrogens (tertiary/aromatic N) is 4. The van der Waals surface area contributed by atoms with Crippen LogP contribution >= 0.6 is 22.9 Å². The zero-order valence-corrected chi connectivity index (χ0v) is 18.0. The molecule has 0 radical (unpaired) electrons. The van der Waals surface area contributed by atoms with Gasteiger partial charge in [0, 0.05) is 17.8 Å². The zero-order chi connectivity index (χ0) is 22.9. The molecule has 0 aliphatic rings. The summed E-state index contributed by atoms with van der Waals surface area (Å²) >= 11 is 6.68. The number of rotatable bonds is 5. The highest BCUT2D eigenvalue weighted by Crippen LogP contribution is 2.36. The van der Waals surface area contributed by atoms with E-state index < -0.39 is 17.1 Å². The molecule has 0 saturated heterocycles. The van der Waals surface area contributed by atoms with Crippen molar-refractivity contribution in [2.45, 2.75) is 19.1 Å². The fraction of sp³-hybridized carbons (Fsp3) is 0.143. The molecule has 164 valence electrons. The molecule has 0 bridgehead atoms. The zero-order valence-electron chi connectivity index (χ0n) is 16.5. The molecule has 4 rings (SSSR count). The van der Waals surface area contributed by atoms with E-state index in [0.29, 0.717) is 33.3 Å². The average molecular weight is 478 g/mol. The lowest BCUT2D eigenvalue weighted by Gasteiger charge is -2.11. The number of carbonyl (C=O) groups excluding carboxylic acids is 1. The summed E-state index contributed by atoms with van der Waals surface area (Å²) in [5, 5.41) is 5.76. The Labute approximate surface area is 189 Å². The van der Waals surface area contributed by atoms with Crippen LogP contribution < -0.4 is 5.32 Å². The SMILES string of the molecule is CC(NC(=O)/C=C/c1c(-c2ccccc2Cl)nc2sc(C(F)(F)F)nn12)c1ccccn1. The number of hydrogen-bond donors (Lipinski definition) is 1. The van der Waals surface area contributed by atoms with E-state index in [0.717, 1.165) is 4.52 Å². The van der Waals surface area contributed by atoms with Crippen molar-refractivity contribution in [1.82, 2.24) is 24.9 Å². The fourth-order valence-corrected chi connectivity index (χ4v) is 4.00. The molecule has 1 unspecified atom stereocenters. The summed E-state index contributed by atoms with van der Waals surface area (Å²) < 4.78 is 40.5. The molecule has 32 heavy (non-hydrogen) atoms. The molecule has 1 atom stereocenters. The second kappa shape index (κ2) is 8.71. The van der Waals surface area contributed by atoms with Gasteiger partial charge in [0.1, 0.15) is 5.69 Å². The second-order valence-electron chi connectivity index (χ2n) is 6.74. The van der Waals surface area contributed by atoms with Crippen molar-refractivity contribution in [2.24, 2.45) is 0 Å². The summed E-state index contributed by atoms with van der Waals surface area (Å²) in [6, 6.07) is 11.8. The molecule has 0 aliphatic heterocycles. The van der Waals surface area contributed by atoms with E-state index in [1.54, 1.807) is 55.6 Å². The monoisotopic (exact) mass is 477 g/mol. The topological polar surface area (TPSA) is 72.2 Å². The molecule has 11 heteroatoms. The number of imidazole rings is 1. The van der Waals surface area contributed by atoms with Gasteiger partial charge in [-0.1, -0.05) is 47.2 Å². The van der Waals surface area contributed by atoms with E-state index in [1.807, 2.05) is 0 Å². The van der Waals surface area contributed by atoms with Crippen LogP contribution in [0.4, 0.5) is 13.2 Å². The Balaban J connectivity index is 1.70. The van der Waals surface area contributed by atoms with Crippen molar-refractivity contribution in [3.63, 3.8) is 0 Å². The maximum absolute atomic E-state index is 13.1. The third kappa shape index (κ3) is 4.51. The Bertz CT molecular complexity index is 1300. The van der Waals surface area contributed by atoms with Crippen LogP contribution in [0.3, 0.4) is 0 Å². The first-order chi connectivity index (χ1) is 15.2. The quantitative estimate of drug-likeness (QED) is 0.390. The van der Waals surface area contributed by atoms with E-state index >= 15 is 0 Å². The highest BCUT2D eigenvalue weighted by molar-refractivity contribution is 7.16. The molecular formula is C21H15ClF3N5OS. The van der Waals surface area contributed by atoms with E-state index in [-0.39, 0.29) is 16.7 Å². The number of carbonyl (C=O) groups is 1. The van der Waals surface area contributed by atoms with Gasteiger partial charge in [0.05, 0.1) is 22.5 Å². The molecule has 1 aromatic carbocycles. The van der Waals surface area contributed by atoms with Gasteiger partial charge < -0.3 is 5.32 Å². The van der Waals surface area contributed by atoms with Crippen LogP contribution in [0, 0.1) is 0 Å². The van der Waals surface area contributed by atoms with Crippen molar-refractivity contribution in [3.8, 4) is 11.3 Å². The normalized spacial score (nSPS) is 13.0. The molecule has 1 N–H and O–H groups in total. The third-order valence-electron chi connectivity index (χ3n) is 4.49. The van der Waals surface area contributed by atoms with Crippen LogP contribution in [0.15, 0.2) is 54.7 Å². The largest absolute Gasteiger partial charge is 0.445 e. The molecule has 3 heterocycles. The van der Waals surface area contributed by atoms with E-state index in [9.17, 15) is 18.0 Å². The molecular weight excluding hydrogens is 463 g/mol. The fourth-order valence-electron chi connectivity index (χ4n) is 3.00. The highest BCUT2D eigenvalue weighted by Gasteiger charge is 2.36.